The van der Waals surface area contributed by atoms with Gasteiger partial charge in [0.2, 0.25) is 8.32 Å². The number of hydrogen-bond acceptors (Lipinski definition) is 8. The lowest BCUT2D eigenvalue weighted by atomic mass is 10.3. The van der Waals surface area contributed by atoms with Gasteiger partial charge in [0.05, 0.1) is 0 Å². The van der Waals surface area contributed by atoms with Crippen LogP contribution in [-0.2, 0) is 24.7 Å². The zero-order chi connectivity index (χ0) is 26.5. The predicted molar refractivity (Wildman–Crippen MR) is 163 cm³/mol. The summed E-state index contributed by atoms with van der Waals surface area (Å²) in [6.07, 6.45) is 0. The highest BCUT2D eigenvalue weighted by molar-refractivity contribution is 6.93. The third kappa shape index (κ3) is 10.3. The molecule has 4 N–H and O–H groups in total. The highest BCUT2D eigenvalue weighted by atomic mass is 28.5. The Morgan fingerprint density at radius 3 is 1.66 bits per heavy atom. The molecule has 0 saturated heterocycles. The number of nitrogens with two attached hydrogens (primary N) is 2. The lowest BCUT2D eigenvalue weighted by Gasteiger charge is -2.41. The quantitative estimate of drug-likeness (QED) is 0.257. The van der Waals surface area contributed by atoms with Crippen LogP contribution in [0.25, 0.3) is 0 Å². The van der Waals surface area contributed by atoms with Crippen molar-refractivity contribution in [3.05, 3.63) is 48.5 Å². The SMILES string of the molecule is C[Si](C)(O[SiH](O[SiH2]O[SiH3])c1ccc(N)cc1)O[Si](C)(C)O[Si](C)(C)O[Si](C)(C)c1ccc(N)cc1. The van der Waals surface area contributed by atoms with Gasteiger partial charge in [-0.05, 0) is 87.0 Å². The van der Waals surface area contributed by atoms with Crippen molar-refractivity contribution in [1.82, 2.24) is 0 Å². The zero-order valence-electron chi connectivity index (χ0n) is 22.5. The molecule has 15 heteroatoms. The van der Waals surface area contributed by atoms with Crippen LogP contribution in [0.1, 0.15) is 0 Å². The van der Waals surface area contributed by atoms with E-state index in [2.05, 4.69) is 64.5 Å². The van der Waals surface area contributed by atoms with Gasteiger partial charge in [-0.3, -0.25) is 0 Å². The van der Waals surface area contributed by atoms with Crippen molar-refractivity contribution in [2.24, 2.45) is 0 Å². The molecule has 0 saturated carbocycles. The number of hydrogen-bond donors (Lipinski definition) is 2. The van der Waals surface area contributed by atoms with Crippen molar-refractivity contribution >= 4 is 85.5 Å². The molecule has 8 nitrogen and oxygen atoms in total. The Hall–Kier alpha value is -0.682. The van der Waals surface area contributed by atoms with Gasteiger partial charge in [-0.15, -0.1) is 0 Å². The van der Waals surface area contributed by atoms with Crippen LogP contribution in [0.3, 0.4) is 0 Å². The van der Waals surface area contributed by atoms with E-state index in [1.165, 1.54) is 5.19 Å². The van der Waals surface area contributed by atoms with Gasteiger partial charge >= 0.3 is 35.0 Å². The maximum Gasteiger partial charge on any atom is 0.337 e. The molecule has 0 aliphatic rings. The third-order valence-electron chi connectivity index (χ3n) is 5.03. The lowest BCUT2D eigenvalue weighted by molar-refractivity contribution is 0.291. The van der Waals surface area contributed by atoms with E-state index < -0.39 is 53.3 Å². The summed E-state index contributed by atoms with van der Waals surface area (Å²) in [5.74, 6) is 0. The Balaban J connectivity index is 2.10. The van der Waals surface area contributed by atoms with Crippen molar-refractivity contribution in [2.45, 2.75) is 52.4 Å². The highest BCUT2D eigenvalue weighted by Crippen LogP contribution is 2.25. The fourth-order valence-electron chi connectivity index (χ4n) is 4.05. The minimum atomic E-state index is -2.59. The first-order valence-electron chi connectivity index (χ1n) is 11.6. The van der Waals surface area contributed by atoms with Gasteiger partial charge in [0, 0.05) is 11.4 Å². The second kappa shape index (κ2) is 12.2. The van der Waals surface area contributed by atoms with Gasteiger partial charge < -0.3 is 36.2 Å². The Morgan fingerprint density at radius 1 is 0.686 bits per heavy atom. The predicted octanol–water partition coefficient (Wildman–Crippen LogP) is 0.875. The monoisotopic (exact) mass is 602 g/mol. The van der Waals surface area contributed by atoms with E-state index >= 15 is 0 Å². The number of benzene rings is 2. The molecule has 2 aromatic rings. The smallest absolute Gasteiger partial charge is 0.337 e. The summed E-state index contributed by atoms with van der Waals surface area (Å²) in [6.45, 7) is 16.8. The van der Waals surface area contributed by atoms with Gasteiger partial charge in [0.1, 0.15) is 10.5 Å². The van der Waals surface area contributed by atoms with Crippen molar-refractivity contribution in [3.63, 3.8) is 0 Å². The molecule has 0 aliphatic carbocycles. The largest absolute Gasteiger partial charge is 0.449 e. The fourth-order valence-corrected chi connectivity index (χ4v) is 28.6. The van der Waals surface area contributed by atoms with Crippen LogP contribution in [0.4, 0.5) is 11.4 Å². The molecular weight excluding hydrogens is 561 g/mol. The Labute approximate surface area is 221 Å². The van der Waals surface area contributed by atoms with E-state index in [-0.39, 0.29) is 0 Å². The molecule has 1 atom stereocenters. The third-order valence-corrected chi connectivity index (χ3v) is 25.4. The molecule has 0 bridgehead atoms. The number of rotatable bonds is 13. The van der Waals surface area contributed by atoms with Crippen molar-refractivity contribution in [2.75, 3.05) is 11.5 Å². The van der Waals surface area contributed by atoms with E-state index in [9.17, 15) is 0 Å². The second-order valence-corrected chi connectivity index (χ2v) is 30.9. The average molecular weight is 603 g/mol. The molecule has 0 radical (unpaired) electrons. The minimum absolute atomic E-state index is 0.660. The second-order valence-electron chi connectivity index (χ2n) is 10.3. The van der Waals surface area contributed by atoms with Crippen LogP contribution in [0, 0.1) is 0 Å². The molecule has 196 valence electrons. The van der Waals surface area contributed by atoms with Crippen molar-refractivity contribution in [1.29, 1.82) is 0 Å². The maximum absolute atomic E-state index is 6.73. The normalized spacial score (nSPS) is 14.6. The molecule has 1 unspecified atom stereocenters. The Kier molecular flexibility index (Phi) is 10.7. The van der Waals surface area contributed by atoms with E-state index in [1.807, 2.05) is 36.4 Å². The standard InChI is InChI=1S/C20H42N2O6Si7/c1-32(2,20-15-11-18(22)12-16-20)26-34(5,6)28-35(7,8)27-33(3,4)25-31(24-30-23-29)19-13-9-17(21)10-14-19/h9-16,31H,21-22,30H2,1-8,29H3. The summed E-state index contributed by atoms with van der Waals surface area (Å²) in [6, 6.07) is 15.7. The van der Waals surface area contributed by atoms with Gasteiger partial charge in [0.25, 0.3) is 10.0 Å². The number of nitrogen functional groups attached to an aromatic ring is 2. The molecule has 0 spiro atoms. The summed E-state index contributed by atoms with van der Waals surface area (Å²) in [7, 11) is -12.5. The summed E-state index contributed by atoms with van der Waals surface area (Å²) in [5.41, 5.74) is 13.2. The van der Waals surface area contributed by atoms with Crippen LogP contribution >= 0.6 is 0 Å². The first-order chi connectivity index (χ1) is 16.0. The molecule has 35 heavy (non-hydrogen) atoms. The van der Waals surface area contributed by atoms with E-state index in [1.54, 1.807) is 0 Å². The summed E-state index contributed by atoms with van der Waals surface area (Å²) in [5, 5.41) is 2.22. The molecule has 0 heterocycles. The van der Waals surface area contributed by atoms with Gasteiger partial charge in [-0.25, -0.2) is 0 Å². The molecular formula is C20H42N2O6Si7. The Bertz CT molecular complexity index is 946. The van der Waals surface area contributed by atoms with Gasteiger partial charge in [-0.2, -0.15) is 0 Å². The van der Waals surface area contributed by atoms with Crippen LogP contribution < -0.4 is 21.8 Å². The topological polar surface area (TPSA) is 107 Å². The average Bonchev–Trinajstić information content (AvgIpc) is 2.69. The Morgan fingerprint density at radius 2 is 1.14 bits per heavy atom. The number of anilines is 2. The summed E-state index contributed by atoms with van der Waals surface area (Å²) >= 11 is 0. The van der Waals surface area contributed by atoms with Crippen molar-refractivity contribution in [3.8, 4) is 0 Å². The van der Waals surface area contributed by atoms with Crippen LogP contribution in [0.5, 0.6) is 0 Å². The van der Waals surface area contributed by atoms with Crippen LogP contribution in [0.2, 0.25) is 52.4 Å². The minimum Gasteiger partial charge on any atom is -0.449 e. The van der Waals surface area contributed by atoms with Crippen molar-refractivity contribution < 1.29 is 24.7 Å². The van der Waals surface area contributed by atoms with Crippen LogP contribution in [-0.4, -0.2) is 63.8 Å². The maximum atomic E-state index is 6.73. The van der Waals surface area contributed by atoms with E-state index in [4.69, 9.17) is 36.2 Å². The summed E-state index contributed by atoms with van der Waals surface area (Å²) in [4.78, 5) is 0. The zero-order valence-corrected chi connectivity index (χ0v) is 31.1. The molecule has 0 amide bonds. The summed E-state index contributed by atoms with van der Waals surface area (Å²) < 4.78 is 38.2. The highest BCUT2D eigenvalue weighted by Gasteiger charge is 2.45. The van der Waals surface area contributed by atoms with Gasteiger partial charge in [0.15, 0.2) is 0 Å². The van der Waals surface area contributed by atoms with Gasteiger partial charge in [-0.1, -0.05) is 24.3 Å². The molecule has 0 aromatic heterocycles. The molecule has 0 aliphatic heterocycles. The van der Waals surface area contributed by atoms with E-state index in [0.717, 1.165) is 10.9 Å². The lowest BCUT2D eigenvalue weighted by Crippen LogP contribution is -2.60. The fraction of sp³-hybridized carbons (Fsp3) is 0.400. The molecule has 2 aromatic carbocycles. The molecule has 2 rings (SSSR count). The first kappa shape index (κ1) is 30.5. The van der Waals surface area contributed by atoms with E-state index in [0.29, 0.717) is 16.2 Å². The first-order valence-corrected chi connectivity index (χ1v) is 26.5. The van der Waals surface area contributed by atoms with Crippen LogP contribution in [0.15, 0.2) is 48.5 Å². The molecule has 0 fully saturated rings.